The number of hydrogen-bond donors (Lipinski definition) is 0. The smallest absolute Gasteiger partial charge is 0.235 e. The van der Waals surface area contributed by atoms with Crippen molar-refractivity contribution in [3.63, 3.8) is 0 Å². The quantitative estimate of drug-likeness (QED) is 0.601. The van der Waals surface area contributed by atoms with Crippen LogP contribution in [0.5, 0.6) is 0 Å². The van der Waals surface area contributed by atoms with Crippen LogP contribution in [0.15, 0.2) is 34.6 Å². The van der Waals surface area contributed by atoms with E-state index >= 15 is 0 Å². The maximum absolute atomic E-state index is 9.98. The van der Waals surface area contributed by atoms with Crippen LogP contribution < -0.4 is 0 Å². The zero-order valence-electron chi connectivity index (χ0n) is 8.80. The average Bonchev–Trinajstić information content (AvgIpc) is 2.75. The molecule has 0 aliphatic carbocycles. The summed E-state index contributed by atoms with van der Waals surface area (Å²) in [6.45, 7) is 2.36. The van der Waals surface area contributed by atoms with Gasteiger partial charge in [-0.2, -0.15) is 4.99 Å². The highest BCUT2D eigenvalue weighted by Crippen LogP contribution is 2.24. The number of thiazole rings is 1. The van der Waals surface area contributed by atoms with Gasteiger partial charge in [-0.1, -0.05) is 23.8 Å². The predicted octanol–water partition coefficient (Wildman–Crippen LogP) is 2.95. The standard InChI is InChI=1S/C12H10N2OS/c1-9-3-2-4-10(5-9)12-14-11(7-16-12)6-13-8-15/h2-5,7H,6H2,1H3. The molecule has 1 aromatic carbocycles. The van der Waals surface area contributed by atoms with E-state index in [1.165, 1.54) is 11.6 Å². The number of aromatic nitrogens is 1. The Labute approximate surface area is 97.5 Å². The second-order valence-corrected chi connectivity index (χ2v) is 4.28. The minimum Gasteiger partial charge on any atom is -0.239 e. The van der Waals surface area contributed by atoms with Crippen molar-refractivity contribution in [1.82, 2.24) is 4.98 Å². The van der Waals surface area contributed by atoms with Gasteiger partial charge in [-0.3, -0.25) is 0 Å². The number of rotatable bonds is 3. The number of aliphatic imine (C=N–C) groups is 1. The molecule has 0 spiro atoms. The molecule has 0 radical (unpaired) electrons. The molecule has 0 aliphatic rings. The summed E-state index contributed by atoms with van der Waals surface area (Å²) in [6.07, 6.45) is 1.51. The van der Waals surface area contributed by atoms with Crippen molar-refractivity contribution >= 4 is 17.4 Å². The summed E-state index contributed by atoms with van der Waals surface area (Å²) in [4.78, 5) is 17.9. The molecule has 80 valence electrons. The maximum atomic E-state index is 9.98. The molecule has 0 amide bonds. The first-order chi connectivity index (χ1) is 7.79. The van der Waals surface area contributed by atoms with Gasteiger partial charge in [0.2, 0.25) is 6.08 Å². The molecular formula is C12H10N2OS. The molecule has 0 saturated carbocycles. The third-order valence-electron chi connectivity index (χ3n) is 2.12. The van der Waals surface area contributed by atoms with Gasteiger partial charge in [-0.15, -0.1) is 11.3 Å². The van der Waals surface area contributed by atoms with E-state index in [9.17, 15) is 4.79 Å². The van der Waals surface area contributed by atoms with E-state index in [0.29, 0.717) is 6.54 Å². The Kier molecular flexibility index (Phi) is 3.25. The molecule has 1 heterocycles. The highest BCUT2D eigenvalue weighted by Gasteiger charge is 2.04. The van der Waals surface area contributed by atoms with Crippen molar-refractivity contribution in [1.29, 1.82) is 0 Å². The van der Waals surface area contributed by atoms with E-state index in [1.54, 1.807) is 11.3 Å². The molecule has 3 nitrogen and oxygen atoms in total. The fourth-order valence-corrected chi connectivity index (χ4v) is 2.21. The second-order valence-electron chi connectivity index (χ2n) is 3.42. The van der Waals surface area contributed by atoms with E-state index in [2.05, 4.69) is 29.0 Å². The normalized spacial score (nSPS) is 9.81. The minimum absolute atomic E-state index is 0.311. The van der Waals surface area contributed by atoms with E-state index in [1.807, 2.05) is 17.5 Å². The van der Waals surface area contributed by atoms with Gasteiger partial charge in [0.25, 0.3) is 0 Å². The Morgan fingerprint density at radius 3 is 3.12 bits per heavy atom. The van der Waals surface area contributed by atoms with Gasteiger partial charge in [0.1, 0.15) is 5.01 Å². The molecular weight excluding hydrogens is 220 g/mol. The molecule has 2 aromatic rings. The minimum atomic E-state index is 0.311. The van der Waals surface area contributed by atoms with Crippen LogP contribution in [-0.2, 0) is 11.3 Å². The lowest BCUT2D eigenvalue weighted by Crippen LogP contribution is -1.82. The lowest BCUT2D eigenvalue weighted by Gasteiger charge is -1.97. The van der Waals surface area contributed by atoms with Crippen LogP contribution in [-0.4, -0.2) is 11.1 Å². The first-order valence-electron chi connectivity index (χ1n) is 4.84. The first-order valence-corrected chi connectivity index (χ1v) is 5.72. The van der Waals surface area contributed by atoms with Gasteiger partial charge >= 0.3 is 0 Å². The Morgan fingerprint density at radius 2 is 2.38 bits per heavy atom. The Bertz CT molecular complexity index is 541. The Balaban J connectivity index is 2.27. The number of carbonyl (C=O) groups excluding carboxylic acids is 1. The van der Waals surface area contributed by atoms with Gasteiger partial charge in [0, 0.05) is 10.9 Å². The van der Waals surface area contributed by atoms with Crippen molar-refractivity contribution in [3.05, 3.63) is 40.9 Å². The van der Waals surface area contributed by atoms with Crippen molar-refractivity contribution in [3.8, 4) is 10.6 Å². The number of hydrogen-bond acceptors (Lipinski definition) is 4. The van der Waals surface area contributed by atoms with Crippen molar-refractivity contribution < 1.29 is 4.79 Å². The second kappa shape index (κ2) is 4.84. The molecule has 0 unspecified atom stereocenters. The molecule has 0 bridgehead atoms. The maximum Gasteiger partial charge on any atom is 0.235 e. The van der Waals surface area contributed by atoms with E-state index in [-0.39, 0.29) is 0 Å². The molecule has 0 saturated heterocycles. The van der Waals surface area contributed by atoms with Gasteiger partial charge in [-0.05, 0) is 13.0 Å². The highest BCUT2D eigenvalue weighted by atomic mass is 32.1. The van der Waals surface area contributed by atoms with Crippen molar-refractivity contribution in [2.24, 2.45) is 4.99 Å². The fraction of sp³-hybridized carbons (Fsp3) is 0.167. The van der Waals surface area contributed by atoms with Gasteiger partial charge in [0.05, 0.1) is 12.2 Å². The fourth-order valence-electron chi connectivity index (χ4n) is 1.40. The molecule has 0 fully saturated rings. The molecule has 0 atom stereocenters. The number of nitrogens with zero attached hydrogens (tertiary/aromatic N) is 2. The summed E-state index contributed by atoms with van der Waals surface area (Å²) in [5.41, 5.74) is 3.12. The van der Waals surface area contributed by atoms with Gasteiger partial charge in [-0.25, -0.2) is 9.78 Å². The predicted molar refractivity (Wildman–Crippen MR) is 64.1 cm³/mol. The highest BCUT2D eigenvalue weighted by molar-refractivity contribution is 7.13. The third kappa shape index (κ3) is 2.42. The van der Waals surface area contributed by atoms with Gasteiger partial charge in [0.15, 0.2) is 0 Å². The monoisotopic (exact) mass is 230 g/mol. The summed E-state index contributed by atoms with van der Waals surface area (Å²) in [5.74, 6) is 0. The summed E-state index contributed by atoms with van der Waals surface area (Å²) in [5, 5.41) is 2.87. The van der Waals surface area contributed by atoms with E-state index in [4.69, 9.17) is 0 Å². The summed E-state index contributed by atoms with van der Waals surface area (Å²) in [6, 6.07) is 8.17. The molecule has 16 heavy (non-hydrogen) atoms. The average molecular weight is 230 g/mol. The van der Waals surface area contributed by atoms with Crippen LogP contribution >= 0.6 is 11.3 Å². The molecule has 0 N–H and O–H groups in total. The zero-order chi connectivity index (χ0) is 11.4. The SMILES string of the molecule is Cc1cccc(-c2nc(CN=C=O)cs2)c1. The molecule has 0 aliphatic heterocycles. The van der Waals surface area contributed by atoms with Crippen LogP contribution in [0, 0.1) is 6.92 Å². The topological polar surface area (TPSA) is 42.3 Å². The summed E-state index contributed by atoms with van der Waals surface area (Å²) in [7, 11) is 0. The Morgan fingerprint density at radius 1 is 1.50 bits per heavy atom. The lowest BCUT2D eigenvalue weighted by atomic mass is 10.1. The van der Waals surface area contributed by atoms with Crippen LogP contribution in [0.3, 0.4) is 0 Å². The van der Waals surface area contributed by atoms with Crippen LogP contribution in [0.4, 0.5) is 0 Å². The number of aryl methyl sites for hydroxylation is 1. The van der Waals surface area contributed by atoms with Gasteiger partial charge < -0.3 is 0 Å². The van der Waals surface area contributed by atoms with E-state index in [0.717, 1.165) is 16.3 Å². The zero-order valence-corrected chi connectivity index (χ0v) is 9.62. The molecule has 1 aromatic heterocycles. The summed E-state index contributed by atoms with van der Waals surface area (Å²) < 4.78 is 0. The van der Waals surface area contributed by atoms with Crippen molar-refractivity contribution in [2.75, 3.05) is 0 Å². The largest absolute Gasteiger partial charge is 0.239 e. The van der Waals surface area contributed by atoms with Crippen LogP contribution in [0.25, 0.3) is 10.6 Å². The van der Waals surface area contributed by atoms with Crippen molar-refractivity contribution in [2.45, 2.75) is 13.5 Å². The molecule has 2 rings (SSSR count). The van der Waals surface area contributed by atoms with Crippen LogP contribution in [0.1, 0.15) is 11.3 Å². The number of benzene rings is 1. The molecule has 4 heteroatoms. The third-order valence-corrected chi connectivity index (χ3v) is 3.06. The van der Waals surface area contributed by atoms with Crippen LogP contribution in [0.2, 0.25) is 0 Å². The Hall–Kier alpha value is -1.77. The first kappa shape index (κ1) is 10.7. The van der Waals surface area contributed by atoms with E-state index < -0.39 is 0 Å². The number of isocyanates is 1. The summed E-state index contributed by atoms with van der Waals surface area (Å²) >= 11 is 1.56. The lowest BCUT2D eigenvalue weighted by molar-refractivity contribution is 0.562.